The van der Waals surface area contributed by atoms with Crippen molar-refractivity contribution in [2.24, 2.45) is 0 Å². The summed E-state index contributed by atoms with van der Waals surface area (Å²) >= 11 is 0. The lowest BCUT2D eigenvalue weighted by molar-refractivity contribution is -0.115. The molecule has 3 heterocycles. The fraction of sp³-hybridized carbons (Fsp3) is 0.156. The summed E-state index contributed by atoms with van der Waals surface area (Å²) in [6.45, 7) is 2.70. The fourth-order valence-corrected chi connectivity index (χ4v) is 7.46. The van der Waals surface area contributed by atoms with Crippen LogP contribution in [-0.2, 0) is 23.3 Å². The minimum Gasteiger partial charge on any atom is -0.324 e. The van der Waals surface area contributed by atoms with E-state index in [0.29, 0.717) is 18.1 Å². The number of carbonyl (C=O) groups excluding carboxylic acids is 2. The van der Waals surface area contributed by atoms with Crippen LogP contribution in [0.4, 0.5) is 4.79 Å². The number of rotatable bonds is 12. The highest BCUT2D eigenvalue weighted by atomic mass is 16.2. The van der Waals surface area contributed by atoms with Gasteiger partial charge in [-0.25, -0.2) is 14.5 Å². The maximum Gasteiger partial charge on any atom is 0.328 e. The van der Waals surface area contributed by atoms with E-state index in [1.165, 1.54) is 4.90 Å². The van der Waals surface area contributed by atoms with Gasteiger partial charge in [0.15, 0.2) is 5.82 Å². The third-order valence-corrected chi connectivity index (χ3v) is 10.3. The SMILES string of the molecule is CCCCc1ncc(/C=C2\C(=O)NC(=O)N2C)n1Cc1ccc(-c2ccccc2-c2nnnn2C(c2ccccc2)(c2ccccc2)c2ccccc2)cc1. The number of amides is 3. The van der Waals surface area contributed by atoms with Crippen LogP contribution >= 0.6 is 0 Å². The number of nitrogens with zero attached hydrogens (tertiary/aromatic N) is 7. The minimum absolute atomic E-state index is 0.290. The summed E-state index contributed by atoms with van der Waals surface area (Å²) in [5.41, 5.74) is 7.23. The number of aromatic nitrogens is 6. The van der Waals surface area contributed by atoms with E-state index in [1.807, 2.05) is 35.0 Å². The normalized spacial score (nSPS) is 13.8. The lowest BCUT2D eigenvalue weighted by atomic mass is 9.77. The average Bonchev–Trinajstić information content (AvgIpc) is 3.93. The van der Waals surface area contributed by atoms with Gasteiger partial charge in [-0.05, 0) is 56.3 Å². The second-order valence-electron chi connectivity index (χ2n) is 13.6. The number of tetrazole rings is 1. The summed E-state index contributed by atoms with van der Waals surface area (Å²) in [5.74, 6) is 1.14. The zero-order chi connectivity index (χ0) is 37.8. The molecular formula is C45H40N8O2. The first-order valence-corrected chi connectivity index (χ1v) is 18.5. The molecular weight excluding hydrogens is 685 g/mol. The number of likely N-dealkylation sites (N-methyl/N-ethyl adjacent to an activating group) is 1. The third kappa shape index (κ3) is 6.52. The van der Waals surface area contributed by atoms with Crippen LogP contribution in [0.5, 0.6) is 0 Å². The van der Waals surface area contributed by atoms with Crippen molar-refractivity contribution in [3.63, 3.8) is 0 Å². The molecule has 10 heteroatoms. The second-order valence-corrected chi connectivity index (χ2v) is 13.6. The van der Waals surface area contributed by atoms with Crippen molar-refractivity contribution < 1.29 is 9.59 Å². The monoisotopic (exact) mass is 724 g/mol. The van der Waals surface area contributed by atoms with E-state index in [2.05, 4.69) is 131 Å². The molecule has 0 bridgehead atoms. The molecule has 0 radical (unpaired) electrons. The van der Waals surface area contributed by atoms with E-state index in [9.17, 15) is 9.59 Å². The Morgan fingerprint density at radius 3 is 1.87 bits per heavy atom. The van der Waals surface area contributed by atoms with Crippen LogP contribution < -0.4 is 5.32 Å². The van der Waals surface area contributed by atoms with Crippen LogP contribution in [0.3, 0.4) is 0 Å². The number of hydrogen-bond acceptors (Lipinski definition) is 6. The highest BCUT2D eigenvalue weighted by Crippen LogP contribution is 2.43. The van der Waals surface area contributed by atoms with Crippen LogP contribution in [0.15, 0.2) is 151 Å². The van der Waals surface area contributed by atoms with Crippen molar-refractivity contribution in [2.45, 2.75) is 38.3 Å². The van der Waals surface area contributed by atoms with Crippen LogP contribution in [-0.4, -0.2) is 53.6 Å². The molecule has 0 atom stereocenters. The molecule has 1 N–H and O–H groups in total. The summed E-state index contributed by atoms with van der Waals surface area (Å²) in [6, 6.07) is 47.4. The topological polar surface area (TPSA) is 111 Å². The second kappa shape index (κ2) is 15.2. The van der Waals surface area contributed by atoms with Crippen LogP contribution in [0, 0.1) is 0 Å². The first kappa shape index (κ1) is 35.1. The maximum absolute atomic E-state index is 12.5. The van der Waals surface area contributed by atoms with Gasteiger partial charge in [0.25, 0.3) is 5.91 Å². The van der Waals surface area contributed by atoms with Crippen LogP contribution in [0.1, 0.15) is 53.5 Å². The van der Waals surface area contributed by atoms with E-state index in [0.717, 1.165) is 69.7 Å². The Labute approximate surface area is 319 Å². The van der Waals surface area contributed by atoms with Crippen molar-refractivity contribution in [1.29, 1.82) is 0 Å². The number of carbonyl (C=O) groups is 2. The first-order valence-electron chi connectivity index (χ1n) is 18.5. The molecule has 0 unspecified atom stereocenters. The molecule has 272 valence electrons. The molecule has 3 amide bonds. The molecule has 10 nitrogen and oxygen atoms in total. The molecule has 1 saturated heterocycles. The van der Waals surface area contributed by atoms with Gasteiger partial charge in [0.2, 0.25) is 0 Å². The maximum atomic E-state index is 12.5. The molecule has 1 fully saturated rings. The van der Waals surface area contributed by atoms with Gasteiger partial charge >= 0.3 is 6.03 Å². The zero-order valence-electron chi connectivity index (χ0n) is 30.7. The number of benzene rings is 5. The van der Waals surface area contributed by atoms with Gasteiger partial charge in [-0.2, -0.15) is 0 Å². The predicted octanol–water partition coefficient (Wildman–Crippen LogP) is 7.96. The number of urea groups is 1. The Bertz CT molecular complexity index is 2370. The minimum atomic E-state index is -0.881. The highest BCUT2D eigenvalue weighted by Gasteiger charge is 2.42. The Hall–Kier alpha value is -6.94. The quantitative estimate of drug-likeness (QED) is 0.0778. The molecule has 55 heavy (non-hydrogen) atoms. The standard InChI is InChI=1S/C45H40N8O2/c1-3-4-24-41-46-30-37(29-40-43(54)47-44(55)51(40)2)52(41)31-32-25-27-33(28-26-32)38-22-14-15-23-39(38)42-48-49-50-53(42)45(34-16-8-5-9-17-34,35-18-10-6-11-19-35)36-20-12-7-13-21-36/h5-23,25-30H,3-4,24,31H2,1-2H3,(H,47,54,55)/b40-29+. The highest BCUT2D eigenvalue weighted by molar-refractivity contribution is 6.13. The van der Waals surface area contributed by atoms with Crippen molar-refractivity contribution in [3.8, 4) is 22.5 Å². The van der Waals surface area contributed by atoms with E-state index in [-0.39, 0.29) is 0 Å². The van der Waals surface area contributed by atoms with Crippen molar-refractivity contribution in [1.82, 2.24) is 40.0 Å². The van der Waals surface area contributed by atoms with Gasteiger partial charge in [0.1, 0.15) is 17.1 Å². The molecule has 0 aliphatic carbocycles. The number of nitrogens with one attached hydrogen (secondary N) is 1. The smallest absolute Gasteiger partial charge is 0.324 e. The third-order valence-electron chi connectivity index (χ3n) is 10.3. The van der Waals surface area contributed by atoms with E-state index < -0.39 is 17.5 Å². The molecule has 0 spiro atoms. The summed E-state index contributed by atoms with van der Waals surface area (Å²) in [5, 5.41) is 16.2. The van der Waals surface area contributed by atoms with E-state index >= 15 is 0 Å². The summed E-state index contributed by atoms with van der Waals surface area (Å²) in [6.07, 6.45) is 6.33. The lowest BCUT2D eigenvalue weighted by Crippen LogP contribution is -2.39. The molecule has 2 aromatic heterocycles. The molecule has 5 aromatic carbocycles. The largest absolute Gasteiger partial charge is 0.328 e. The van der Waals surface area contributed by atoms with Crippen LogP contribution in [0.2, 0.25) is 0 Å². The van der Waals surface area contributed by atoms with Gasteiger partial charge in [0.05, 0.1) is 11.9 Å². The number of aryl methyl sites for hydroxylation is 1. The number of unbranched alkanes of at least 4 members (excludes halogenated alkanes) is 1. The predicted molar refractivity (Wildman–Crippen MR) is 213 cm³/mol. The fourth-order valence-electron chi connectivity index (χ4n) is 7.46. The van der Waals surface area contributed by atoms with E-state index in [1.54, 1.807) is 19.3 Å². The Balaban J connectivity index is 1.20. The van der Waals surface area contributed by atoms with Gasteiger partial charge in [-0.15, -0.1) is 5.10 Å². The summed E-state index contributed by atoms with van der Waals surface area (Å²) in [4.78, 5) is 30.7. The van der Waals surface area contributed by atoms with Gasteiger partial charge in [-0.1, -0.05) is 153 Å². The van der Waals surface area contributed by atoms with Crippen LogP contribution in [0.25, 0.3) is 28.6 Å². The van der Waals surface area contributed by atoms with Crippen molar-refractivity contribution >= 4 is 18.0 Å². The van der Waals surface area contributed by atoms with Gasteiger partial charge in [-0.3, -0.25) is 15.0 Å². The molecule has 7 aromatic rings. The lowest BCUT2D eigenvalue weighted by Gasteiger charge is -2.36. The molecule has 8 rings (SSSR count). The van der Waals surface area contributed by atoms with Crippen molar-refractivity contribution in [2.75, 3.05) is 7.05 Å². The Kier molecular flexibility index (Phi) is 9.70. The first-order chi connectivity index (χ1) is 27.0. The molecule has 1 aliphatic rings. The number of imidazole rings is 1. The van der Waals surface area contributed by atoms with Crippen molar-refractivity contribution in [3.05, 3.63) is 185 Å². The van der Waals surface area contributed by atoms with Gasteiger partial charge < -0.3 is 4.57 Å². The van der Waals surface area contributed by atoms with E-state index in [4.69, 9.17) is 15.3 Å². The Morgan fingerprint density at radius 2 is 1.31 bits per heavy atom. The summed E-state index contributed by atoms with van der Waals surface area (Å²) < 4.78 is 4.09. The van der Waals surface area contributed by atoms with Gasteiger partial charge in [0, 0.05) is 25.6 Å². The Morgan fingerprint density at radius 1 is 0.727 bits per heavy atom. The molecule has 0 saturated carbocycles. The number of hydrogen-bond donors (Lipinski definition) is 1. The summed E-state index contributed by atoms with van der Waals surface area (Å²) in [7, 11) is 1.59. The number of imide groups is 1. The molecule has 1 aliphatic heterocycles. The zero-order valence-corrected chi connectivity index (χ0v) is 30.7. The average molecular weight is 725 g/mol.